The van der Waals surface area contributed by atoms with E-state index in [0.717, 1.165) is 19.6 Å². The maximum atomic E-state index is 11.9. The number of rotatable bonds is 9. The molecule has 4 nitrogen and oxygen atoms in total. The van der Waals surface area contributed by atoms with Gasteiger partial charge < -0.3 is 14.8 Å². The molecule has 0 fully saturated rings. The van der Waals surface area contributed by atoms with Crippen LogP contribution in [-0.4, -0.2) is 37.4 Å². The van der Waals surface area contributed by atoms with Crippen LogP contribution in [0.25, 0.3) is 0 Å². The lowest BCUT2D eigenvalue weighted by Crippen LogP contribution is -2.52. The highest BCUT2D eigenvalue weighted by Crippen LogP contribution is 2.17. The summed E-state index contributed by atoms with van der Waals surface area (Å²) in [6, 6.07) is 0. The highest BCUT2D eigenvalue weighted by atomic mass is 16.5. The molecule has 0 radical (unpaired) electrons. The number of carbonyl (C=O) groups is 1. The lowest BCUT2D eigenvalue weighted by molar-refractivity contribution is -0.152. The SMILES string of the molecule is CCCOC(C)CC(C)(NCC)C(=O)OCC. The quantitative estimate of drug-likeness (QED) is 0.632. The van der Waals surface area contributed by atoms with Crippen molar-refractivity contribution >= 4 is 5.97 Å². The molecule has 0 bridgehead atoms. The van der Waals surface area contributed by atoms with Gasteiger partial charge in [-0.2, -0.15) is 0 Å². The predicted molar refractivity (Wildman–Crippen MR) is 69.0 cm³/mol. The van der Waals surface area contributed by atoms with Crippen LogP contribution in [0.3, 0.4) is 0 Å². The van der Waals surface area contributed by atoms with Crippen LogP contribution in [0.15, 0.2) is 0 Å². The third-order valence-electron chi connectivity index (χ3n) is 2.60. The van der Waals surface area contributed by atoms with E-state index < -0.39 is 5.54 Å². The van der Waals surface area contributed by atoms with Crippen LogP contribution in [0.1, 0.15) is 47.5 Å². The molecular weight excluding hydrogens is 218 g/mol. The normalized spacial score (nSPS) is 16.3. The van der Waals surface area contributed by atoms with E-state index in [1.807, 2.05) is 27.7 Å². The van der Waals surface area contributed by atoms with E-state index >= 15 is 0 Å². The Morgan fingerprint density at radius 1 is 1.35 bits per heavy atom. The Morgan fingerprint density at radius 3 is 2.47 bits per heavy atom. The smallest absolute Gasteiger partial charge is 0.326 e. The zero-order chi connectivity index (χ0) is 13.3. The Bertz CT molecular complexity index is 221. The third kappa shape index (κ3) is 6.03. The summed E-state index contributed by atoms with van der Waals surface area (Å²) in [4.78, 5) is 11.9. The summed E-state index contributed by atoms with van der Waals surface area (Å²) in [5.74, 6) is -0.200. The Morgan fingerprint density at radius 2 is 2.00 bits per heavy atom. The number of likely N-dealkylation sites (N-methyl/N-ethyl adjacent to an activating group) is 1. The fraction of sp³-hybridized carbons (Fsp3) is 0.923. The van der Waals surface area contributed by atoms with Gasteiger partial charge in [-0.3, -0.25) is 4.79 Å². The first-order chi connectivity index (χ1) is 8.00. The fourth-order valence-corrected chi connectivity index (χ4v) is 1.86. The molecule has 0 aromatic carbocycles. The van der Waals surface area contributed by atoms with Crippen molar-refractivity contribution in [2.24, 2.45) is 0 Å². The Kier molecular flexibility index (Phi) is 8.17. The largest absolute Gasteiger partial charge is 0.465 e. The minimum absolute atomic E-state index is 0.0448. The molecule has 0 aliphatic heterocycles. The molecule has 0 saturated carbocycles. The van der Waals surface area contributed by atoms with Crippen molar-refractivity contribution in [1.82, 2.24) is 5.32 Å². The summed E-state index contributed by atoms with van der Waals surface area (Å²) in [5, 5.41) is 3.20. The first-order valence-corrected chi connectivity index (χ1v) is 6.54. The number of carbonyl (C=O) groups excluding carboxylic acids is 1. The van der Waals surface area contributed by atoms with Gasteiger partial charge in [-0.25, -0.2) is 0 Å². The van der Waals surface area contributed by atoms with Gasteiger partial charge in [-0.05, 0) is 33.7 Å². The van der Waals surface area contributed by atoms with Crippen LogP contribution >= 0.6 is 0 Å². The molecule has 0 saturated heterocycles. The molecule has 102 valence electrons. The van der Waals surface area contributed by atoms with E-state index in [1.54, 1.807) is 0 Å². The number of hydrogen-bond donors (Lipinski definition) is 1. The number of esters is 1. The van der Waals surface area contributed by atoms with Crippen LogP contribution in [0, 0.1) is 0 Å². The van der Waals surface area contributed by atoms with E-state index in [4.69, 9.17) is 9.47 Å². The zero-order valence-electron chi connectivity index (χ0n) is 11.8. The van der Waals surface area contributed by atoms with E-state index in [1.165, 1.54) is 0 Å². The highest BCUT2D eigenvalue weighted by molar-refractivity contribution is 5.80. The molecular formula is C13H27NO3. The number of ether oxygens (including phenoxy) is 2. The van der Waals surface area contributed by atoms with Crippen LogP contribution < -0.4 is 5.32 Å². The van der Waals surface area contributed by atoms with Crippen molar-refractivity contribution < 1.29 is 14.3 Å². The van der Waals surface area contributed by atoms with Crippen LogP contribution in [0.2, 0.25) is 0 Å². The molecule has 0 aromatic heterocycles. The topological polar surface area (TPSA) is 47.6 Å². The van der Waals surface area contributed by atoms with Crippen molar-refractivity contribution in [3.05, 3.63) is 0 Å². The lowest BCUT2D eigenvalue weighted by Gasteiger charge is -2.30. The Labute approximate surface area is 105 Å². The minimum Gasteiger partial charge on any atom is -0.465 e. The average molecular weight is 245 g/mol. The molecule has 17 heavy (non-hydrogen) atoms. The molecule has 0 aromatic rings. The zero-order valence-corrected chi connectivity index (χ0v) is 11.8. The van der Waals surface area contributed by atoms with Gasteiger partial charge in [-0.1, -0.05) is 13.8 Å². The summed E-state index contributed by atoms with van der Waals surface area (Å²) >= 11 is 0. The molecule has 1 N–H and O–H groups in total. The van der Waals surface area contributed by atoms with Gasteiger partial charge in [0.25, 0.3) is 0 Å². The van der Waals surface area contributed by atoms with E-state index in [2.05, 4.69) is 12.2 Å². The van der Waals surface area contributed by atoms with Gasteiger partial charge in [0.1, 0.15) is 5.54 Å². The molecule has 0 aliphatic carbocycles. The molecule has 0 spiro atoms. The second-order valence-electron chi connectivity index (χ2n) is 4.47. The van der Waals surface area contributed by atoms with Crippen molar-refractivity contribution in [3.8, 4) is 0 Å². The summed E-state index contributed by atoms with van der Waals surface area (Å²) < 4.78 is 10.7. The van der Waals surface area contributed by atoms with Crippen LogP contribution in [0.4, 0.5) is 0 Å². The Balaban J connectivity index is 4.43. The maximum absolute atomic E-state index is 11.9. The molecule has 2 atom stereocenters. The number of hydrogen-bond acceptors (Lipinski definition) is 4. The third-order valence-corrected chi connectivity index (χ3v) is 2.60. The molecule has 0 aliphatic rings. The molecule has 0 heterocycles. The lowest BCUT2D eigenvalue weighted by atomic mass is 9.94. The molecule has 4 heteroatoms. The van der Waals surface area contributed by atoms with Gasteiger partial charge >= 0.3 is 5.97 Å². The first kappa shape index (κ1) is 16.4. The number of nitrogens with one attached hydrogen (secondary N) is 1. The van der Waals surface area contributed by atoms with E-state index in [0.29, 0.717) is 13.0 Å². The minimum atomic E-state index is -0.655. The van der Waals surface area contributed by atoms with Gasteiger partial charge in [0.05, 0.1) is 12.7 Å². The fourth-order valence-electron chi connectivity index (χ4n) is 1.86. The molecule has 0 rings (SSSR count). The van der Waals surface area contributed by atoms with E-state index in [-0.39, 0.29) is 12.1 Å². The summed E-state index contributed by atoms with van der Waals surface area (Å²) in [6.07, 6.45) is 1.66. The van der Waals surface area contributed by atoms with Crippen LogP contribution in [-0.2, 0) is 14.3 Å². The van der Waals surface area contributed by atoms with Gasteiger partial charge in [0.15, 0.2) is 0 Å². The van der Waals surface area contributed by atoms with Crippen molar-refractivity contribution in [2.45, 2.75) is 59.1 Å². The second kappa shape index (κ2) is 8.48. The van der Waals surface area contributed by atoms with Crippen molar-refractivity contribution in [1.29, 1.82) is 0 Å². The predicted octanol–water partition coefficient (Wildman–Crippen LogP) is 2.12. The summed E-state index contributed by atoms with van der Waals surface area (Å²) in [7, 11) is 0. The van der Waals surface area contributed by atoms with Gasteiger partial charge in [0, 0.05) is 13.0 Å². The standard InChI is InChI=1S/C13H27NO3/c1-6-9-17-11(4)10-13(5,14-7-2)12(15)16-8-3/h11,14H,6-10H2,1-5H3. The van der Waals surface area contributed by atoms with Crippen molar-refractivity contribution in [3.63, 3.8) is 0 Å². The highest BCUT2D eigenvalue weighted by Gasteiger charge is 2.35. The van der Waals surface area contributed by atoms with Crippen LogP contribution in [0.5, 0.6) is 0 Å². The summed E-state index contributed by atoms with van der Waals surface area (Å²) in [6.45, 7) is 11.6. The second-order valence-corrected chi connectivity index (χ2v) is 4.47. The molecule has 0 amide bonds. The van der Waals surface area contributed by atoms with E-state index in [9.17, 15) is 4.79 Å². The Hall–Kier alpha value is -0.610. The van der Waals surface area contributed by atoms with Crippen molar-refractivity contribution in [2.75, 3.05) is 19.8 Å². The monoisotopic (exact) mass is 245 g/mol. The first-order valence-electron chi connectivity index (χ1n) is 6.54. The maximum Gasteiger partial charge on any atom is 0.326 e. The average Bonchev–Trinajstić information content (AvgIpc) is 2.27. The van der Waals surface area contributed by atoms with Gasteiger partial charge in [-0.15, -0.1) is 0 Å². The summed E-state index contributed by atoms with van der Waals surface area (Å²) in [5.41, 5.74) is -0.655. The van der Waals surface area contributed by atoms with Gasteiger partial charge in [0.2, 0.25) is 0 Å². The molecule has 2 unspecified atom stereocenters.